The minimum atomic E-state index is -0.871. The van der Waals surface area contributed by atoms with E-state index in [1.165, 1.54) is 19.2 Å². The van der Waals surface area contributed by atoms with Gasteiger partial charge in [-0.2, -0.15) is 0 Å². The van der Waals surface area contributed by atoms with Gasteiger partial charge in [-0.05, 0) is 24.3 Å². The Hall–Kier alpha value is -3.52. The highest BCUT2D eigenvalue weighted by atomic mass is 35.5. The number of carbonyl (C=O) groups is 1. The quantitative estimate of drug-likeness (QED) is 0.377. The van der Waals surface area contributed by atoms with Crippen molar-refractivity contribution in [3.63, 3.8) is 0 Å². The van der Waals surface area contributed by atoms with E-state index in [0.29, 0.717) is 11.4 Å². The molecule has 3 rings (SSSR count). The monoisotopic (exact) mass is 387 g/mol. The Balaban J connectivity index is 2.01. The molecule has 0 aliphatic carbocycles. The Labute approximate surface area is 157 Å². The van der Waals surface area contributed by atoms with Crippen LogP contribution in [-0.2, 0) is 0 Å². The standard InChI is InChI=1S/C18H14ClN3O5/c1-27-11-5-3-2-4-10(11)21-13-14(17(25)16(13)24)22-12-9(19)7-6-8(15(12)23)18(20)26/h2-7,21-23H,1H3,(H2,20,26). The maximum Gasteiger partial charge on any atom is 0.253 e. The molecule has 0 atom stereocenters. The van der Waals surface area contributed by atoms with E-state index in [2.05, 4.69) is 10.6 Å². The third-order valence-corrected chi connectivity index (χ3v) is 4.23. The van der Waals surface area contributed by atoms with Gasteiger partial charge in [-0.15, -0.1) is 0 Å². The zero-order valence-electron chi connectivity index (χ0n) is 14.0. The van der Waals surface area contributed by atoms with Gasteiger partial charge < -0.3 is 26.2 Å². The molecule has 27 heavy (non-hydrogen) atoms. The Bertz CT molecular complexity index is 1120. The number of rotatable bonds is 6. The third-order valence-electron chi connectivity index (χ3n) is 3.92. The number of amides is 1. The number of benzene rings is 2. The highest BCUT2D eigenvalue weighted by Crippen LogP contribution is 2.38. The van der Waals surface area contributed by atoms with Gasteiger partial charge in [0.25, 0.3) is 16.8 Å². The summed E-state index contributed by atoms with van der Waals surface area (Å²) in [7, 11) is 1.47. The Kier molecular flexibility index (Phi) is 4.74. The van der Waals surface area contributed by atoms with Gasteiger partial charge in [-0.25, -0.2) is 0 Å². The second-order valence-electron chi connectivity index (χ2n) is 5.54. The van der Waals surface area contributed by atoms with Crippen LogP contribution in [0.2, 0.25) is 5.02 Å². The number of methoxy groups -OCH3 is 1. The van der Waals surface area contributed by atoms with Gasteiger partial charge >= 0.3 is 0 Å². The largest absolute Gasteiger partial charge is 0.505 e. The first-order valence-corrected chi connectivity index (χ1v) is 8.04. The molecule has 9 heteroatoms. The summed E-state index contributed by atoms with van der Waals surface area (Å²) in [6.07, 6.45) is 0. The fourth-order valence-corrected chi connectivity index (χ4v) is 2.72. The first-order chi connectivity index (χ1) is 12.8. The highest BCUT2D eigenvalue weighted by Gasteiger charge is 2.25. The molecular formula is C18H14ClN3O5. The highest BCUT2D eigenvalue weighted by molar-refractivity contribution is 6.34. The van der Waals surface area contributed by atoms with E-state index in [-0.39, 0.29) is 27.6 Å². The van der Waals surface area contributed by atoms with Crippen molar-refractivity contribution >= 4 is 40.3 Å². The molecule has 0 aliphatic rings. The number of anilines is 4. The summed E-state index contributed by atoms with van der Waals surface area (Å²) in [5, 5.41) is 15.7. The van der Waals surface area contributed by atoms with Crippen molar-refractivity contribution in [3.8, 4) is 11.5 Å². The fraction of sp³-hybridized carbons (Fsp3) is 0.0556. The number of primary amides is 1. The molecule has 3 aromatic rings. The summed E-state index contributed by atoms with van der Waals surface area (Å²) in [4.78, 5) is 35.4. The number of nitrogens with two attached hydrogens (primary N) is 1. The molecule has 0 bridgehead atoms. The van der Waals surface area contributed by atoms with Crippen LogP contribution >= 0.6 is 11.6 Å². The van der Waals surface area contributed by atoms with E-state index in [0.717, 1.165) is 0 Å². The van der Waals surface area contributed by atoms with Crippen molar-refractivity contribution in [2.45, 2.75) is 0 Å². The molecular weight excluding hydrogens is 374 g/mol. The zero-order valence-corrected chi connectivity index (χ0v) is 14.8. The normalized spacial score (nSPS) is 10.6. The summed E-state index contributed by atoms with van der Waals surface area (Å²) >= 11 is 6.04. The minimum Gasteiger partial charge on any atom is -0.505 e. The lowest BCUT2D eigenvalue weighted by atomic mass is 10.1. The van der Waals surface area contributed by atoms with E-state index in [1.807, 2.05) is 0 Å². The lowest BCUT2D eigenvalue weighted by molar-refractivity contribution is 0.0998. The SMILES string of the molecule is COc1ccccc1Nc1c(Nc2c(Cl)ccc(C(N)=O)c2O)c(=O)c1=O. The number of carbonyl (C=O) groups excluding carboxylic acids is 1. The van der Waals surface area contributed by atoms with E-state index in [1.54, 1.807) is 24.3 Å². The Morgan fingerprint density at radius 2 is 1.67 bits per heavy atom. The average Bonchev–Trinajstić information content (AvgIpc) is 2.66. The Morgan fingerprint density at radius 3 is 2.30 bits per heavy atom. The second kappa shape index (κ2) is 7.00. The van der Waals surface area contributed by atoms with E-state index >= 15 is 0 Å². The molecule has 0 heterocycles. The van der Waals surface area contributed by atoms with Crippen LogP contribution in [0.15, 0.2) is 46.0 Å². The first-order valence-electron chi connectivity index (χ1n) is 7.66. The van der Waals surface area contributed by atoms with Gasteiger partial charge in [0, 0.05) is 0 Å². The van der Waals surface area contributed by atoms with Crippen LogP contribution in [0.25, 0.3) is 0 Å². The first kappa shape index (κ1) is 18.3. The van der Waals surface area contributed by atoms with Gasteiger partial charge in [0.05, 0.1) is 23.4 Å². The van der Waals surface area contributed by atoms with E-state index < -0.39 is 22.5 Å². The summed E-state index contributed by atoms with van der Waals surface area (Å²) < 4.78 is 5.20. The summed E-state index contributed by atoms with van der Waals surface area (Å²) in [6, 6.07) is 9.41. The number of nitrogens with one attached hydrogen (secondary N) is 2. The lowest BCUT2D eigenvalue weighted by Crippen LogP contribution is -2.36. The van der Waals surface area contributed by atoms with Crippen LogP contribution < -0.4 is 32.0 Å². The summed E-state index contributed by atoms with van der Waals surface area (Å²) in [5.41, 5.74) is 3.70. The molecule has 0 aliphatic heterocycles. The molecule has 5 N–H and O–H groups in total. The van der Waals surface area contributed by atoms with Crippen molar-refractivity contribution < 1.29 is 14.6 Å². The fourth-order valence-electron chi connectivity index (χ4n) is 2.52. The molecule has 0 saturated heterocycles. The Morgan fingerprint density at radius 1 is 1.04 bits per heavy atom. The number of aromatic hydroxyl groups is 1. The van der Waals surface area contributed by atoms with Crippen molar-refractivity contribution in [2.75, 3.05) is 17.7 Å². The van der Waals surface area contributed by atoms with Gasteiger partial charge in [0.1, 0.15) is 22.8 Å². The molecule has 8 nitrogen and oxygen atoms in total. The van der Waals surface area contributed by atoms with Crippen molar-refractivity contribution in [1.29, 1.82) is 0 Å². The van der Waals surface area contributed by atoms with Crippen LogP contribution in [0.1, 0.15) is 10.4 Å². The molecule has 3 aromatic carbocycles. The molecule has 0 radical (unpaired) electrons. The number of halogens is 1. The summed E-state index contributed by atoms with van der Waals surface area (Å²) in [6.45, 7) is 0. The maximum absolute atomic E-state index is 12.0. The molecule has 0 spiro atoms. The second-order valence-corrected chi connectivity index (χ2v) is 5.95. The zero-order chi connectivity index (χ0) is 19.7. The average molecular weight is 388 g/mol. The molecule has 0 fully saturated rings. The topological polar surface area (TPSA) is 131 Å². The van der Waals surface area contributed by atoms with Crippen LogP contribution in [0, 0.1) is 0 Å². The molecule has 138 valence electrons. The van der Waals surface area contributed by atoms with Crippen molar-refractivity contribution in [3.05, 3.63) is 67.4 Å². The lowest BCUT2D eigenvalue weighted by Gasteiger charge is -2.18. The molecule has 1 amide bonds. The van der Waals surface area contributed by atoms with E-state index in [9.17, 15) is 19.5 Å². The van der Waals surface area contributed by atoms with Gasteiger partial charge in [-0.3, -0.25) is 14.4 Å². The molecule has 0 unspecified atom stereocenters. The van der Waals surface area contributed by atoms with Gasteiger partial charge in [0.15, 0.2) is 5.75 Å². The van der Waals surface area contributed by atoms with Crippen LogP contribution in [0.5, 0.6) is 11.5 Å². The minimum absolute atomic E-state index is 0.0237. The smallest absolute Gasteiger partial charge is 0.253 e. The van der Waals surface area contributed by atoms with E-state index in [4.69, 9.17) is 22.1 Å². The predicted octanol–water partition coefficient (Wildman–Crippen LogP) is 2.24. The predicted molar refractivity (Wildman–Crippen MR) is 103 cm³/mol. The number of para-hydroxylation sites is 2. The number of hydrogen-bond donors (Lipinski definition) is 4. The number of phenols is 1. The van der Waals surface area contributed by atoms with Gasteiger partial charge in [-0.1, -0.05) is 23.7 Å². The third kappa shape index (κ3) is 3.18. The van der Waals surface area contributed by atoms with Crippen LogP contribution in [0.3, 0.4) is 0 Å². The summed E-state index contributed by atoms with van der Waals surface area (Å²) in [5.74, 6) is -0.927. The maximum atomic E-state index is 12.0. The van der Waals surface area contributed by atoms with Gasteiger partial charge in [0.2, 0.25) is 0 Å². The van der Waals surface area contributed by atoms with Crippen LogP contribution in [0.4, 0.5) is 22.7 Å². The van der Waals surface area contributed by atoms with Crippen LogP contribution in [-0.4, -0.2) is 18.1 Å². The number of ether oxygens (including phenoxy) is 1. The molecule has 0 saturated carbocycles. The van der Waals surface area contributed by atoms with Crippen molar-refractivity contribution in [2.24, 2.45) is 5.73 Å². The molecule has 0 aromatic heterocycles. The van der Waals surface area contributed by atoms with Crippen molar-refractivity contribution in [1.82, 2.24) is 0 Å². The number of hydrogen-bond acceptors (Lipinski definition) is 7.